The van der Waals surface area contributed by atoms with Crippen LogP contribution in [0.4, 0.5) is 5.69 Å². The molecule has 0 atom stereocenters. The van der Waals surface area contributed by atoms with Crippen LogP contribution in [0.2, 0.25) is 0 Å². The van der Waals surface area contributed by atoms with Crippen LogP contribution in [0.3, 0.4) is 0 Å². The van der Waals surface area contributed by atoms with Crippen LogP contribution in [0.25, 0.3) is 0 Å². The lowest BCUT2D eigenvalue weighted by molar-refractivity contribution is 1.03. The smallest absolute Gasteiger partial charge is 0.0861 e. The van der Waals surface area contributed by atoms with Crippen LogP contribution < -0.4 is 5.73 Å². The SMILES string of the molecule is [2H]c1cc(N)cnn1. The number of rotatable bonds is 0. The molecule has 0 amide bonds. The zero-order chi connectivity index (χ0) is 5.98. The minimum atomic E-state index is 0.102. The van der Waals surface area contributed by atoms with Crippen molar-refractivity contribution in [3.05, 3.63) is 18.4 Å². The average Bonchev–Trinajstić information content (AvgIpc) is 1.64. The van der Waals surface area contributed by atoms with Gasteiger partial charge in [0, 0.05) is 0 Å². The quantitative estimate of drug-likeness (QED) is 0.496. The van der Waals surface area contributed by atoms with Crippen LogP contribution in [0, 0.1) is 0 Å². The van der Waals surface area contributed by atoms with Crippen LogP contribution in [-0.4, -0.2) is 10.2 Å². The molecule has 0 saturated carbocycles. The predicted octanol–water partition coefficient (Wildman–Crippen LogP) is 0.0588. The molecule has 0 aliphatic rings. The van der Waals surface area contributed by atoms with Crippen molar-refractivity contribution in [2.45, 2.75) is 0 Å². The minimum absolute atomic E-state index is 0.102. The largest absolute Gasteiger partial charge is 0.397 e. The molecule has 1 aromatic heterocycles. The first-order valence-electron chi connectivity index (χ1n) is 2.34. The van der Waals surface area contributed by atoms with Gasteiger partial charge in [0.15, 0.2) is 0 Å². The first-order valence-corrected chi connectivity index (χ1v) is 1.84. The lowest BCUT2D eigenvalue weighted by Crippen LogP contribution is -1.85. The number of aromatic nitrogens is 2. The third-order valence-corrected chi connectivity index (χ3v) is 0.553. The molecule has 0 radical (unpaired) electrons. The maximum atomic E-state index is 6.88. The van der Waals surface area contributed by atoms with Crippen molar-refractivity contribution in [2.24, 2.45) is 0 Å². The molecular weight excluding hydrogens is 90.1 g/mol. The van der Waals surface area contributed by atoms with Gasteiger partial charge in [0.1, 0.15) is 0 Å². The van der Waals surface area contributed by atoms with Crippen molar-refractivity contribution in [1.82, 2.24) is 10.2 Å². The molecule has 7 heavy (non-hydrogen) atoms. The summed E-state index contributed by atoms with van der Waals surface area (Å²) in [5.41, 5.74) is 5.71. The summed E-state index contributed by atoms with van der Waals surface area (Å²) in [4.78, 5) is 0. The minimum Gasteiger partial charge on any atom is -0.397 e. The molecule has 1 heterocycles. The lowest BCUT2D eigenvalue weighted by atomic mass is 10.5. The van der Waals surface area contributed by atoms with Gasteiger partial charge in [-0.3, -0.25) is 0 Å². The Kier molecular flexibility index (Phi) is 0.656. The molecule has 0 saturated heterocycles. The molecule has 3 heteroatoms. The van der Waals surface area contributed by atoms with E-state index in [1.54, 1.807) is 0 Å². The summed E-state index contributed by atoms with van der Waals surface area (Å²) in [5.74, 6) is 0. The fourth-order valence-corrected chi connectivity index (χ4v) is 0.270. The van der Waals surface area contributed by atoms with E-state index in [2.05, 4.69) is 10.2 Å². The van der Waals surface area contributed by atoms with Crippen molar-refractivity contribution in [1.29, 1.82) is 0 Å². The Morgan fingerprint density at radius 2 is 2.57 bits per heavy atom. The fraction of sp³-hybridized carbons (Fsp3) is 0. The Labute approximate surface area is 42.6 Å². The monoisotopic (exact) mass is 96.1 g/mol. The molecule has 1 aromatic rings. The summed E-state index contributed by atoms with van der Waals surface area (Å²) in [6.07, 6.45) is 1.50. The van der Waals surface area contributed by atoms with Gasteiger partial charge in [-0.15, -0.1) is 0 Å². The second-order valence-electron chi connectivity index (χ2n) is 1.12. The summed E-state index contributed by atoms with van der Waals surface area (Å²) in [7, 11) is 0. The highest BCUT2D eigenvalue weighted by Crippen LogP contribution is 1.89. The van der Waals surface area contributed by atoms with E-state index in [-0.39, 0.29) is 6.17 Å². The van der Waals surface area contributed by atoms with Gasteiger partial charge in [0.2, 0.25) is 0 Å². The zero-order valence-corrected chi connectivity index (χ0v) is 3.63. The second kappa shape index (κ2) is 1.55. The Balaban J connectivity index is 3.08. The maximum Gasteiger partial charge on any atom is 0.0861 e. The van der Waals surface area contributed by atoms with Gasteiger partial charge in [-0.25, -0.2) is 0 Å². The van der Waals surface area contributed by atoms with E-state index in [1.165, 1.54) is 12.3 Å². The molecule has 0 unspecified atom stereocenters. The van der Waals surface area contributed by atoms with Gasteiger partial charge in [-0.05, 0) is 6.07 Å². The number of hydrogen-bond donors (Lipinski definition) is 1. The fourth-order valence-electron chi connectivity index (χ4n) is 0.270. The molecule has 0 bridgehead atoms. The highest BCUT2D eigenvalue weighted by molar-refractivity contribution is 5.30. The van der Waals surface area contributed by atoms with Crippen LogP contribution >= 0.6 is 0 Å². The van der Waals surface area contributed by atoms with E-state index in [4.69, 9.17) is 7.10 Å². The summed E-state index contributed by atoms with van der Waals surface area (Å²) >= 11 is 0. The van der Waals surface area contributed by atoms with Crippen molar-refractivity contribution in [2.75, 3.05) is 5.73 Å². The van der Waals surface area contributed by atoms with Crippen molar-refractivity contribution in [3.63, 3.8) is 0 Å². The van der Waals surface area contributed by atoms with Gasteiger partial charge >= 0.3 is 0 Å². The maximum absolute atomic E-state index is 6.88. The van der Waals surface area contributed by atoms with Crippen molar-refractivity contribution < 1.29 is 1.37 Å². The van der Waals surface area contributed by atoms with Gasteiger partial charge in [0.05, 0.1) is 19.4 Å². The van der Waals surface area contributed by atoms with Crippen molar-refractivity contribution in [3.8, 4) is 0 Å². The highest BCUT2D eigenvalue weighted by Gasteiger charge is 1.74. The molecule has 0 aromatic carbocycles. The van der Waals surface area contributed by atoms with E-state index >= 15 is 0 Å². The standard InChI is InChI=1S/C4H5N3/c5-4-1-2-6-7-3-4/h1-3H,(H2,5,6)/i2D. The molecule has 3 nitrogen and oxygen atoms in total. The predicted molar refractivity (Wildman–Crippen MR) is 26.4 cm³/mol. The normalized spacial score (nSPS) is 10.6. The first-order chi connectivity index (χ1) is 3.79. The second-order valence-corrected chi connectivity index (χ2v) is 1.12. The molecule has 1 rings (SSSR count). The summed E-state index contributed by atoms with van der Waals surface area (Å²) in [6.45, 7) is 0. The molecule has 0 spiro atoms. The molecule has 0 fully saturated rings. The Morgan fingerprint density at radius 3 is 3.00 bits per heavy atom. The lowest BCUT2D eigenvalue weighted by Gasteiger charge is -1.82. The summed E-state index contributed by atoms with van der Waals surface area (Å²) in [6, 6.07) is 1.44. The van der Waals surface area contributed by atoms with Gasteiger partial charge in [-0.2, -0.15) is 10.2 Å². The number of hydrogen-bond acceptors (Lipinski definition) is 3. The number of nitrogens with zero attached hydrogens (tertiary/aromatic N) is 2. The Morgan fingerprint density at radius 1 is 1.71 bits per heavy atom. The number of nitrogen functional groups attached to an aromatic ring is 1. The van der Waals surface area contributed by atoms with Crippen LogP contribution in [-0.2, 0) is 0 Å². The van der Waals surface area contributed by atoms with Crippen LogP contribution in [0.1, 0.15) is 1.37 Å². The Hall–Kier alpha value is -1.12. The van der Waals surface area contributed by atoms with Gasteiger partial charge in [-0.1, -0.05) is 0 Å². The Bertz CT molecular complexity index is 171. The summed E-state index contributed by atoms with van der Waals surface area (Å²) in [5, 5.41) is 6.80. The van der Waals surface area contributed by atoms with Crippen molar-refractivity contribution >= 4 is 5.69 Å². The third-order valence-electron chi connectivity index (χ3n) is 0.553. The zero-order valence-electron chi connectivity index (χ0n) is 4.63. The first kappa shape index (κ1) is 2.96. The number of anilines is 1. The van der Waals surface area contributed by atoms with Crippen LogP contribution in [0.15, 0.2) is 18.4 Å². The van der Waals surface area contributed by atoms with E-state index in [0.29, 0.717) is 5.69 Å². The summed E-state index contributed by atoms with van der Waals surface area (Å²) < 4.78 is 6.88. The van der Waals surface area contributed by atoms with E-state index < -0.39 is 0 Å². The molecule has 36 valence electrons. The average molecular weight is 96.1 g/mol. The molecule has 2 N–H and O–H groups in total. The van der Waals surface area contributed by atoms with Gasteiger partial charge in [0.25, 0.3) is 0 Å². The van der Waals surface area contributed by atoms with E-state index in [0.717, 1.165) is 0 Å². The molecular formula is C4H5N3. The van der Waals surface area contributed by atoms with E-state index in [1.807, 2.05) is 0 Å². The van der Waals surface area contributed by atoms with Crippen LogP contribution in [0.5, 0.6) is 0 Å². The topological polar surface area (TPSA) is 51.8 Å². The number of nitrogens with two attached hydrogens (primary N) is 1. The molecule has 0 aliphatic heterocycles. The third kappa shape index (κ3) is 0.855. The van der Waals surface area contributed by atoms with E-state index in [9.17, 15) is 0 Å². The highest BCUT2D eigenvalue weighted by atomic mass is 15.1. The van der Waals surface area contributed by atoms with Gasteiger partial charge < -0.3 is 5.73 Å². The molecule has 0 aliphatic carbocycles.